The molecule has 0 radical (unpaired) electrons. The van der Waals surface area contributed by atoms with Gasteiger partial charge in [-0.2, -0.15) is 0 Å². The molecule has 9 heteroatoms. The minimum atomic E-state index is -3.96. The summed E-state index contributed by atoms with van der Waals surface area (Å²) in [5, 5.41) is 0. The summed E-state index contributed by atoms with van der Waals surface area (Å²) in [5.74, 6) is -0.0357. The summed E-state index contributed by atoms with van der Waals surface area (Å²) < 4.78 is 39.4. The number of esters is 1. The van der Waals surface area contributed by atoms with E-state index >= 15 is 0 Å². The molecule has 1 aliphatic rings. The van der Waals surface area contributed by atoms with Crippen LogP contribution in [0.15, 0.2) is 47.4 Å². The molecule has 0 fully saturated rings. The minimum Gasteiger partial charge on any atom is -0.497 e. The van der Waals surface area contributed by atoms with Gasteiger partial charge >= 0.3 is 5.97 Å². The maximum atomic E-state index is 13.2. The molecule has 0 aromatic heterocycles. The number of amides is 1. The standard InChI is InChI=1S/C23H28N2O6S/c1-4-31-23(27)15-21(17-7-5-9-19(13-17)30-3)24-32(28,29)20-10-11-22-18(14-20)8-6-12-25(22)16(2)26/h5,7,9-11,13-14,21,24H,4,6,8,12,15H2,1-3H3. The van der Waals surface area contributed by atoms with Crippen LogP contribution >= 0.6 is 0 Å². The number of hydrogen-bond donors (Lipinski definition) is 1. The Morgan fingerprint density at radius 1 is 1.19 bits per heavy atom. The monoisotopic (exact) mass is 460 g/mol. The summed E-state index contributed by atoms with van der Waals surface area (Å²) in [4.78, 5) is 25.8. The maximum Gasteiger partial charge on any atom is 0.307 e. The Morgan fingerprint density at radius 2 is 1.97 bits per heavy atom. The second kappa shape index (κ2) is 10.1. The van der Waals surface area contributed by atoms with E-state index in [0.29, 0.717) is 24.3 Å². The van der Waals surface area contributed by atoms with Gasteiger partial charge in [0.2, 0.25) is 15.9 Å². The molecule has 1 heterocycles. The number of methoxy groups -OCH3 is 1. The summed E-state index contributed by atoms with van der Waals surface area (Å²) in [6.07, 6.45) is 1.28. The quantitative estimate of drug-likeness (QED) is 0.608. The van der Waals surface area contributed by atoms with Crippen LogP contribution in [0.2, 0.25) is 0 Å². The zero-order chi connectivity index (χ0) is 23.3. The minimum absolute atomic E-state index is 0.0767. The van der Waals surface area contributed by atoms with Crippen LogP contribution in [0.3, 0.4) is 0 Å². The first-order chi connectivity index (χ1) is 15.2. The van der Waals surface area contributed by atoms with Crippen molar-refractivity contribution < 1.29 is 27.5 Å². The Labute approximate surface area is 188 Å². The van der Waals surface area contributed by atoms with Gasteiger partial charge in [-0.15, -0.1) is 0 Å². The lowest BCUT2D eigenvalue weighted by Crippen LogP contribution is -2.34. The second-order valence-electron chi connectivity index (χ2n) is 7.52. The first-order valence-electron chi connectivity index (χ1n) is 10.5. The number of fused-ring (bicyclic) bond motifs is 1. The Balaban J connectivity index is 1.92. The van der Waals surface area contributed by atoms with E-state index in [9.17, 15) is 18.0 Å². The third-order valence-electron chi connectivity index (χ3n) is 5.33. The topological polar surface area (TPSA) is 102 Å². The highest BCUT2D eigenvalue weighted by molar-refractivity contribution is 7.89. The lowest BCUT2D eigenvalue weighted by molar-refractivity contribution is -0.143. The molecule has 2 aromatic carbocycles. The van der Waals surface area contributed by atoms with Gasteiger partial charge in [0.25, 0.3) is 0 Å². The molecular weight excluding hydrogens is 432 g/mol. The molecule has 1 atom stereocenters. The van der Waals surface area contributed by atoms with E-state index < -0.39 is 22.0 Å². The fourth-order valence-electron chi connectivity index (χ4n) is 3.80. The van der Waals surface area contributed by atoms with Crippen LogP contribution in [-0.2, 0) is 30.8 Å². The summed E-state index contributed by atoms with van der Waals surface area (Å²) in [5.41, 5.74) is 2.12. The van der Waals surface area contributed by atoms with Crippen LogP contribution < -0.4 is 14.4 Å². The van der Waals surface area contributed by atoms with Crippen molar-refractivity contribution in [2.24, 2.45) is 0 Å². The fraction of sp³-hybridized carbons (Fsp3) is 0.391. The highest BCUT2D eigenvalue weighted by Gasteiger charge is 2.27. The lowest BCUT2D eigenvalue weighted by Gasteiger charge is -2.29. The average Bonchev–Trinajstić information content (AvgIpc) is 2.77. The largest absolute Gasteiger partial charge is 0.497 e. The van der Waals surface area contributed by atoms with E-state index in [1.807, 2.05) is 0 Å². The van der Waals surface area contributed by atoms with Crippen LogP contribution in [0.25, 0.3) is 0 Å². The van der Waals surface area contributed by atoms with Gasteiger partial charge in [-0.3, -0.25) is 9.59 Å². The molecule has 1 unspecified atom stereocenters. The second-order valence-corrected chi connectivity index (χ2v) is 9.24. The van der Waals surface area contributed by atoms with Gasteiger partial charge in [0.1, 0.15) is 5.75 Å². The van der Waals surface area contributed by atoms with Crippen LogP contribution in [-0.4, -0.2) is 40.6 Å². The van der Waals surface area contributed by atoms with Crippen molar-refractivity contribution in [2.75, 3.05) is 25.2 Å². The van der Waals surface area contributed by atoms with E-state index in [1.165, 1.54) is 20.1 Å². The van der Waals surface area contributed by atoms with E-state index in [2.05, 4.69) is 4.72 Å². The Morgan fingerprint density at radius 3 is 2.66 bits per heavy atom. The molecule has 32 heavy (non-hydrogen) atoms. The third kappa shape index (κ3) is 5.46. The van der Waals surface area contributed by atoms with E-state index in [0.717, 1.165) is 17.7 Å². The maximum absolute atomic E-state index is 13.2. The van der Waals surface area contributed by atoms with Gasteiger partial charge in [0, 0.05) is 19.2 Å². The molecule has 3 rings (SSSR count). The molecule has 0 bridgehead atoms. The van der Waals surface area contributed by atoms with Gasteiger partial charge in [-0.25, -0.2) is 13.1 Å². The van der Waals surface area contributed by atoms with Crippen molar-refractivity contribution >= 4 is 27.6 Å². The third-order valence-corrected chi connectivity index (χ3v) is 6.80. The van der Waals surface area contributed by atoms with Crippen LogP contribution in [0, 0.1) is 0 Å². The first kappa shape index (κ1) is 23.7. The number of carbonyl (C=O) groups excluding carboxylic acids is 2. The molecule has 1 aliphatic heterocycles. The number of benzene rings is 2. The summed E-state index contributed by atoms with van der Waals surface area (Å²) in [6.45, 7) is 4.01. The number of rotatable bonds is 8. The van der Waals surface area contributed by atoms with E-state index in [1.54, 1.807) is 48.2 Å². The number of sulfonamides is 1. The van der Waals surface area contributed by atoms with Crippen molar-refractivity contribution in [1.82, 2.24) is 4.72 Å². The molecule has 1 N–H and O–H groups in total. The predicted molar refractivity (Wildman–Crippen MR) is 120 cm³/mol. The normalized spacial score (nSPS) is 14.4. The average molecular weight is 461 g/mol. The summed E-state index contributed by atoms with van der Waals surface area (Å²) in [7, 11) is -2.45. The fourth-order valence-corrected chi connectivity index (χ4v) is 5.07. The van der Waals surface area contributed by atoms with Gasteiger partial charge in [0.05, 0.1) is 31.1 Å². The molecule has 0 aliphatic carbocycles. The Bertz CT molecular complexity index is 1100. The summed E-state index contributed by atoms with van der Waals surface area (Å²) >= 11 is 0. The number of aryl methyl sites for hydroxylation is 1. The predicted octanol–water partition coefficient (Wildman–Crippen LogP) is 2.97. The van der Waals surface area contributed by atoms with Gasteiger partial charge in [-0.05, 0) is 61.2 Å². The zero-order valence-electron chi connectivity index (χ0n) is 18.5. The van der Waals surface area contributed by atoms with Gasteiger partial charge in [-0.1, -0.05) is 12.1 Å². The molecule has 172 valence electrons. The van der Waals surface area contributed by atoms with Crippen LogP contribution in [0.1, 0.15) is 43.9 Å². The van der Waals surface area contributed by atoms with Gasteiger partial charge in [0.15, 0.2) is 0 Å². The smallest absolute Gasteiger partial charge is 0.307 e. The van der Waals surface area contributed by atoms with Crippen molar-refractivity contribution in [1.29, 1.82) is 0 Å². The number of hydrogen-bond acceptors (Lipinski definition) is 6. The number of anilines is 1. The van der Waals surface area contributed by atoms with Crippen molar-refractivity contribution in [2.45, 2.75) is 44.0 Å². The molecule has 0 saturated carbocycles. The van der Waals surface area contributed by atoms with E-state index in [-0.39, 0.29) is 23.8 Å². The lowest BCUT2D eigenvalue weighted by atomic mass is 10.0. The SMILES string of the molecule is CCOC(=O)CC(NS(=O)(=O)c1ccc2c(c1)CCCN2C(C)=O)c1cccc(OC)c1. The van der Waals surface area contributed by atoms with Crippen molar-refractivity contribution in [3.05, 3.63) is 53.6 Å². The van der Waals surface area contributed by atoms with Crippen molar-refractivity contribution in [3.63, 3.8) is 0 Å². The highest BCUT2D eigenvalue weighted by Crippen LogP contribution is 2.31. The number of nitrogens with one attached hydrogen (secondary N) is 1. The number of ether oxygens (including phenoxy) is 2. The molecule has 0 spiro atoms. The van der Waals surface area contributed by atoms with Crippen molar-refractivity contribution in [3.8, 4) is 5.75 Å². The molecule has 0 saturated heterocycles. The highest BCUT2D eigenvalue weighted by atomic mass is 32.2. The first-order valence-corrected chi connectivity index (χ1v) is 12.0. The zero-order valence-corrected chi connectivity index (χ0v) is 19.3. The van der Waals surface area contributed by atoms with Crippen LogP contribution in [0.4, 0.5) is 5.69 Å². The number of nitrogens with zero attached hydrogens (tertiary/aromatic N) is 1. The van der Waals surface area contributed by atoms with E-state index in [4.69, 9.17) is 9.47 Å². The van der Waals surface area contributed by atoms with Gasteiger partial charge < -0.3 is 14.4 Å². The molecule has 1 amide bonds. The molecule has 2 aromatic rings. The number of carbonyl (C=O) groups is 2. The Hall–Kier alpha value is -2.91. The van der Waals surface area contributed by atoms with Crippen LogP contribution in [0.5, 0.6) is 5.75 Å². The molecular formula is C23H28N2O6S. The Kier molecular flexibility index (Phi) is 7.52. The molecule has 8 nitrogen and oxygen atoms in total. The summed E-state index contributed by atoms with van der Waals surface area (Å²) in [6, 6.07) is 10.8.